The Morgan fingerprint density at radius 2 is 2.33 bits per heavy atom. The molecule has 96 valence electrons. The first-order valence-corrected chi connectivity index (χ1v) is 6.34. The van der Waals surface area contributed by atoms with Crippen LogP contribution in [0.4, 0.5) is 0 Å². The topological polar surface area (TPSA) is 82.5 Å². The Kier molecular flexibility index (Phi) is 3.60. The molecular weight excluding hydrogens is 252 g/mol. The van der Waals surface area contributed by atoms with E-state index in [1.54, 1.807) is 23.7 Å². The van der Waals surface area contributed by atoms with Gasteiger partial charge in [0, 0.05) is 12.1 Å². The number of aliphatic hydroxyl groups excluding tert-OH is 1. The van der Waals surface area contributed by atoms with E-state index in [1.807, 2.05) is 0 Å². The third-order valence-electron chi connectivity index (χ3n) is 2.56. The highest BCUT2D eigenvalue weighted by Gasteiger charge is 2.20. The van der Waals surface area contributed by atoms with Crippen LogP contribution in [0.3, 0.4) is 0 Å². The molecule has 0 aliphatic heterocycles. The number of fused-ring (bicyclic) bond motifs is 1. The van der Waals surface area contributed by atoms with Gasteiger partial charge >= 0.3 is 0 Å². The number of carbonyl (C=O) groups excluding carboxylic acids is 1. The van der Waals surface area contributed by atoms with Crippen LogP contribution in [0.25, 0.3) is 10.2 Å². The summed E-state index contributed by atoms with van der Waals surface area (Å²) in [5.41, 5.74) is 1.80. The molecule has 0 fully saturated rings. The summed E-state index contributed by atoms with van der Waals surface area (Å²) in [5, 5.41) is 21.1. The standard InChI is InChI=1S/C12H14N2O3S/c1-12(17,6-15)5-13-11(16)8-2-3-9-10(4-8)18-7-14-9/h2-4,7,15,17H,5-6H2,1H3,(H,13,16). The number of aromatic nitrogens is 1. The monoisotopic (exact) mass is 266 g/mol. The molecule has 1 heterocycles. The summed E-state index contributed by atoms with van der Waals surface area (Å²) in [4.78, 5) is 16.0. The minimum atomic E-state index is -1.30. The van der Waals surface area contributed by atoms with Crippen LogP contribution >= 0.6 is 11.3 Å². The number of rotatable bonds is 4. The Hall–Kier alpha value is -1.50. The zero-order valence-electron chi connectivity index (χ0n) is 9.88. The van der Waals surface area contributed by atoms with E-state index in [1.165, 1.54) is 18.3 Å². The fourth-order valence-corrected chi connectivity index (χ4v) is 2.14. The number of hydrogen-bond donors (Lipinski definition) is 3. The second-order valence-electron chi connectivity index (χ2n) is 4.37. The predicted octanol–water partition coefficient (Wildman–Crippen LogP) is 0.769. The second-order valence-corrected chi connectivity index (χ2v) is 5.26. The average molecular weight is 266 g/mol. The van der Waals surface area contributed by atoms with Gasteiger partial charge in [-0.1, -0.05) is 0 Å². The first-order valence-electron chi connectivity index (χ1n) is 5.46. The molecular formula is C12H14N2O3S. The quantitative estimate of drug-likeness (QED) is 0.763. The highest BCUT2D eigenvalue weighted by atomic mass is 32.1. The van der Waals surface area contributed by atoms with Crippen LogP contribution in [0.2, 0.25) is 0 Å². The SMILES string of the molecule is CC(O)(CO)CNC(=O)c1ccc2ncsc2c1. The molecule has 0 saturated heterocycles. The fourth-order valence-electron chi connectivity index (χ4n) is 1.42. The molecule has 0 spiro atoms. The lowest BCUT2D eigenvalue weighted by atomic mass is 10.1. The molecule has 2 aromatic rings. The zero-order chi connectivity index (χ0) is 13.2. The summed E-state index contributed by atoms with van der Waals surface area (Å²) in [5.74, 6) is -0.279. The van der Waals surface area contributed by atoms with Gasteiger partial charge in [-0.25, -0.2) is 4.98 Å². The lowest BCUT2D eigenvalue weighted by Gasteiger charge is -2.20. The molecule has 0 aliphatic carbocycles. The molecule has 5 nitrogen and oxygen atoms in total. The minimum Gasteiger partial charge on any atom is -0.393 e. The lowest BCUT2D eigenvalue weighted by molar-refractivity contribution is 0.00320. The van der Waals surface area contributed by atoms with Gasteiger partial charge in [-0.05, 0) is 25.1 Å². The van der Waals surface area contributed by atoms with Gasteiger partial charge in [0.15, 0.2) is 0 Å². The number of nitrogens with zero attached hydrogens (tertiary/aromatic N) is 1. The molecule has 1 amide bonds. The third-order valence-corrected chi connectivity index (χ3v) is 3.36. The van der Waals surface area contributed by atoms with Crippen LogP contribution in [0.1, 0.15) is 17.3 Å². The van der Waals surface area contributed by atoms with Crippen molar-refractivity contribution in [1.82, 2.24) is 10.3 Å². The van der Waals surface area contributed by atoms with Crippen molar-refractivity contribution in [3.8, 4) is 0 Å². The largest absolute Gasteiger partial charge is 0.393 e. The van der Waals surface area contributed by atoms with Crippen LogP contribution in [0, 0.1) is 0 Å². The second kappa shape index (κ2) is 5.01. The van der Waals surface area contributed by atoms with E-state index in [2.05, 4.69) is 10.3 Å². The van der Waals surface area contributed by atoms with Gasteiger partial charge < -0.3 is 15.5 Å². The van der Waals surface area contributed by atoms with Crippen molar-refractivity contribution in [3.05, 3.63) is 29.3 Å². The lowest BCUT2D eigenvalue weighted by Crippen LogP contribution is -2.43. The van der Waals surface area contributed by atoms with Crippen molar-refractivity contribution in [1.29, 1.82) is 0 Å². The number of aliphatic hydroxyl groups is 2. The van der Waals surface area contributed by atoms with Crippen molar-refractivity contribution >= 4 is 27.5 Å². The molecule has 0 saturated carbocycles. The van der Waals surface area contributed by atoms with E-state index in [-0.39, 0.29) is 12.5 Å². The maximum atomic E-state index is 11.9. The van der Waals surface area contributed by atoms with Crippen molar-refractivity contribution in [2.24, 2.45) is 0 Å². The van der Waals surface area contributed by atoms with Crippen molar-refractivity contribution in [3.63, 3.8) is 0 Å². The highest BCUT2D eigenvalue weighted by molar-refractivity contribution is 7.16. The van der Waals surface area contributed by atoms with Crippen molar-refractivity contribution in [2.45, 2.75) is 12.5 Å². The molecule has 18 heavy (non-hydrogen) atoms. The summed E-state index contributed by atoms with van der Waals surface area (Å²) in [6.45, 7) is 1.06. The van der Waals surface area contributed by atoms with Crippen LogP contribution in [-0.2, 0) is 0 Å². The van der Waals surface area contributed by atoms with Gasteiger partial charge in [0.25, 0.3) is 5.91 Å². The van der Waals surface area contributed by atoms with E-state index >= 15 is 0 Å². The smallest absolute Gasteiger partial charge is 0.251 e. The Morgan fingerprint density at radius 1 is 1.56 bits per heavy atom. The number of hydrogen-bond acceptors (Lipinski definition) is 5. The normalized spacial score (nSPS) is 14.4. The van der Waals surface area contributed by atoms with E-state index in [9.17, 15) is 9.90 Å². The van der Waals surface area contributed by atoms with Crippen LogP contribution in [-0.4, -0.2) is 39.9 Å². The minimum absolute atomic E-state index is 0.00304. The summed E-state index contributed by atoms with van der Waals surface area (Å²) < 4.78 is 0.941. The first kappa shape index (κ1) is 12.9. The van der Waals surface area contributed by atoms with Crippen LogP contribution in [0.5, 0.6) is 0 Å². The van der Waals surface area contributed by atoms with Crippen LogP contribution in [0.15, 0.2) is 23.7 Å². The predicted molar refractivity (Wildman–Crippen MR) is 69.7 cm³/mol. The fraction of sp³-hybridized carbons (Fsp3) is 0.333. The summed E-state index contributed by atoms with van der Waals surface area (Å²) >= 11 is 1.47. The molecule has 3 N–H and O–H groups in total. The summed E-state index contributed by atoms with van der Waals surface area (Å²) in [6, 6.07) is 5.23. The molecule has 1 aromatic heterocycles. The molecule has 6 heteroatoms. The number of benzene rings is 1. The first-order chi connectivity index (χ1) is 8.52. The van der Waals surface area contributed by atoms with Gasteiger partial charge in [0.1, 0.15) is 5.60 Å². The van der Waals surface area contributed by atoms with Gasteiger partial charge in [-0.2, -0.15) is 0 Å². The van der Waals surface area contributed by atoms with Crippen molar-refractivity contribution < 1.29 is 15.0 Å². The molecule has 1 aromatic carbocycles. The summed E-state index contributed by atoms with van der Waals surface area (Å²) in [7, 11) is 0. The van der Waals surface area contributed by atoms with Crippen LogP contribution < -0.4 is 5.32 Å². The van der Waals surface area contributed by atoms with Gasteiger partial charge in [0.05, 0.1) is 22.3 Å². The van der Waals surface area contributed by atoms with Gasteiger partial charge in [0.2, 0.25) is 0 Å². The Morgan fingerprint density at radius 3 is 3.06 bits per heavy atom. The Balaban J connectivity index is 2.08. The summed E-state index contributed by atoms with van der Waals surface area (Å²) in [6.07, 6.45) is 0. The molecule has 0 bridgehead atoms. The van der Waals surface area contributed by atoms with E-state index in [0.29, 0.717) is 5.56 Å². The van der Waals surface area contributed by atoms with Crippen molar-refractivity contribution in [2.75, 3.05) is 13.2 Å². The number of nitrogens with one attached hydrogen (secondary N) is 1. The zero-order valence-corrected chi connectivity index (χ0v) is 10.7. The number of carbonyl (C=O) groups is 1. The molecule has 1 atom stereocenters. The highest BCUT2D eigenvalue weighted by Crippen LogP contribution is 2.19. The van der Waals surface area contributed by atoms with E-state index in [0.717, 1.165) is 10.2 Å². The van der Waals surface area contributed by atoms with Gasteiger partial charge in [-0.15, -0.1) is 11.3 Å². The Bertz CT molecular complexity index is 565. The Labute approximate surface area is 108 Å². The average Bonchev–Trinajstić information content (AvgIpc) is 2.83. The third kappa shape index (κ3) is 2.84. The number of amides is 1. The maximum absolute atomic E-state index is 11.9. The van der Waals surface area contributed by atoms with E-state index < -0.39 is 12.2 Å². The molecule has 0 radical (unpaired) electrons. The molecule has 0 aliphatic rings. The number of thiazole rings is 1. The maximum Gasteiger partial charge on any atom is 0.251 e. The van der Waals surface area contributed by atoms with E-state index in [4.69, 9.17) is 5.11 Å². The molecule has 1 unspecified atom stereocenters. The molecule has 2 rings (SSSR count). The van der Waals surface area contributed by atoms with Gasteiger partial charge in [-0.3, -0.25) is 4.79 Å².